The van der Waals surface area contributed by atoms with Gasteiger partial charge in [-0.15, -0.1) is 0 Å². The Morgan fingerprint density at radius 3 is 1.45 bits per heavy atom. The van der Waals surface area contributed by atoms with E-state index < -0.39 is 13.9 Å². The third kappa shape index (κ3) is 47.5. The molecule has 0 aliphatic rings. The molecule has 0 spiro atoms. The Hall–Kier alpha value is -1.54. The number of phosphoric ester groups is 1. The molecule has 8 nitrogen and oxygen atoms in total. The summed E-state index contributed by atoms with van der Waals surface area (Å²) < 4.78 is 34.7. The van der Waals surface area contributed by atoms with Crippen LogP contribution >= 0.6 is 7.82 Å². The molecule has 0 bridgehead atoms. The van der Waals surface area contributed by atoms with Gasteiger partial charge in [-0.25, -0.2) is 0 Å². The van der Waals surface area contributed by atoms with E-state index in [-0.39, 0.29) is 25.8 Å². The molecule has 0 radical (unpaired) electrons. The van der Waals surface area contributed by atoms with E-state index in [0.29, 0.717) is 24.1 Å². The van der Waals surface area contributed by atoms with Crippen LogP contribution in [0, 0.1) is 0 Å². The number of quaternary nitrogens is 1. The lowest BCUT2D eigenvalue weighted by atomic mass is 10.0. The van der Waals surface area contributed by atoms with Crippen molar-refractivity contribution >= 4 is 13.8 Å². The summed E-state index contributed by atoms with van der Waals surface area (Å²) in [7, 11) is 1.36. The highest BCUT2D eigenvalue weighted by molar-refractivity contribution is 7.45. The molecule has 0 N–H and O–H groups in total. The van der Waals surface area contributed by atoms with E-state index in [9.17, 15) is 14.3 Å². The van der Waals surface area contributed by atoms with E-state index >= 15 is 0 Å². The van der Waals surface area contributed by atoms with Crippen molar-refractivity contribution in [3.63, 3.8) is 0 Å². The summed E-state index contributed by atoms with van der Waals surface area (Å²) >= 11 is 0. The molecule has 0 saturated heterocycles. The molecular weight excluding hydrogens is 770 g/mol. The van der Waals surface area contributed by atoms with Gasteiger partial charge in [0.05, 0.1) is 34.4 Å². The van der Waals surface area contributed by atoms with Crippen LogP contribution in [0.1, 0.15) is 213 Å². The number of rotatable bonds is 46. The Bertz CT molecular complexity index is 1100. The van der Waals surface area contributed by atoms with Crippen molar-refractivity contribution < 1.29 is 37.3 Å². The van der Waals surface area contributed by atoms with Gasteiger partial charge in [-0.1, -0.05) is 204 Å². The number of carbonyl (C=O) groups excluding carboxylic acids is 1. The molecule has 0 amide bonds. The first kappa shape index (κ1) is 58.5. The van der Waals surface area contributed by atoms with Crippen LogP contribution < -0.4 is 4.89 Å². The third-order valence-corrected chi connectivity index (χ3v) is 11.6. The maximum absolute atomic E-state index is 12.7. The molecule has 2 atom stereocenters. The topological polar surface area (TPSA) is 94.1 Å². The predicted molar refractivity (Wildman–Crippen MR) is 254 cm³/mol. The first-order valence-electron chi connectivity index (χ1n) is 24.9. The number of esters is 1. The largest absolute Gasteiger partial charge is 0.756 e. The highest BCUT2D eigenvalue weighted by atomic mass is 31.2. The number of phosphoric acid groups is 1. The molecule has 0 heterocycles. The van der Waals surface area contributed by atoms with Crippen LogP contribution in [-0.4, -0.2) is 70.7 Å². The van der Waals surface area contributed by atoms with Gasteiger partial charge in [-0.3, -0.25) is 9.36 Å². The first-order valence-corrected chi connectivity index (χ1v) is 26.3. The molecule has 0 aliphatic heterocycles. The Balaban J connectivity index is 4.09. The third-order valence-electron chi connectivity index (χ3n) is 10.6. The Kier molecular flexibility index (Phi) is 43.0. The molecule has 0 aromatic rings. The monoisotopic (exact) mass is 866 g/mol. The molecule has 0 rings (SSSR count). The second-order valence-electron chi connectivity index (χ2n) is 17.8. The number of unbranched alkanes of at least 4 members (excludes halogenated alkanes) is 24. The molecule has 0 saturated carbocycles. The summed E-state index contributed by atoms with van der Waals surface area (Å²) in [5.41, 5.74) is 0. The summed E-state index contributed by atoms with van der Waals surface area (Å²) in [5, 5.41) is 0. The number of ether oxygens (including phenoxy) is 2. The Labute approximate surface area is 371 Å². The summed E-state index contributed by atoms with van der Waals surface area (Å²) in [6.45, 7) is 5.32. The standard InChI is InChI=1S/C51H96NO7P/c1-6-8-10-12-14-16-18-20-21-22-23-24-25-26-27-28-29-30-31-32-34-36-38-40-42-44-51(53)59-50(49-58-60(54,55)57-47-45-52(3,4)5)48-56-46-43-41-39-37-35-33-19-17-15-13-11-9-7-2/h8,10,14,16,20-21,23-24,50H,6-7,9,11-13,15,17-19,22,25-49H2,1-5H3/b10-8-,16-14-,21-20-,24-23-. The first-order chi connectivity index (χ1) is 29.1. The van der Waals surface area contributed by atoms with Gasteiger partial charge in [-0.05, 0) is 51.4 Å². The second-order valence-corrected chi connectivity index (χ2v) is 19.2. The zero-order valence-corrected chi connectivity index (χ0v) is 40.8. The summed E-state index contributed by atoms with van der Waals surface area (Å²) in [4.78, 5) is 25.1. The van der Waals surface area contributed by atoms with Crippen molar-refractivity contribution in [2.45, 2.75) is 219 Å². The number of nitrogens with zero attached hydrogens (tertiary/aromatic N) is 1. The number of likely N-dealkylation sites (N-methyl/N-ethyl adjacent to an activating group) is 1. The van der Waals surface area contributed by atoms with Crippen LogP contribution in [0.25, 0.3) is 0 Å². The van der Waals surface area contributed by atoms with Gasteiger partial charge in [0.15, 0.2) is 0 Å². The van der Waals surface area contributed by atoms with Crippen LogP contribution in [0.2, 0.25) is 0 Å². The van der Waals surface area contributed by atoms with Crippen LogP contribution in [0.4, 0.5) is 0 Å². The molecule has 0 aliphatic carbocycles. The van der Waals surface area contributed by atoms with Gasteiger partial charge in [-0.2, -0.15) is 0 Å². The number of hydrogen-bond donors (Lipinski definition) is 0. The molecule has 0 aromatic carbocycles. The number of allylic oxidation sites excluding steroid dienone is 8. The van der Waals surface area contributed by atoms with Crippen molar-refractivity contribution in [1.82, 2.24) is 0 Å². The molecule has 0 fully saturated rings. The lowest BCUT2D eigenvalue weighted by Crippen LogP contribution is -2.37. The SMILES string of the molecule is CC/C=C\C/C=C\C/C=C\C/C=C\CCCCCCCCCCCCCCC(=O)OC(COCCCCCCCCCCCCCCC)COP(=O)([O-])OCC[N+](C)(C)C. The maximum atomic E-state index is 12.7. The van der Waals surface area contributed by atoms with E-state index in [4.69, 9.17) is 18.5 Å². The van der Waals surface area contributed by atoms with E-state index in [1.54, 1.807) is 0 Å². The molecule has 0 aromatic heterocycles. The minimum Gasteiger partial charge on any atom is -0.756 e. The quantitative estimate of drug-likeness (QED) is 0.0198. The van der Waals surface area contributed by atoms with Gasteiger partial charge in [0.1, 0.15) is 19.3 Å². The lowest BCUT2D eigenvalue weighted by molar-refractivity contribution is -0.870. The fourth-order valence-electron chi connectivity index (χ4n) is 6.83. The van der Waals surface area contributed by atoms with Crippen molar-refractivity contribution in [1.29, 1.82) is 0 Å². The number of carbonyl (C=O) groups is 1. The Morgan fingerprint density at radius 1 is 0.533 bits per heavy atom. The zero-order valence-electron chi connectivity index (χ0n) is 39.9. The summed E-state index contributed by atoms with van der Waals surface area (Å²) in [5.74, 6) is -0.335. The van der Waals surface area contributed by atoms with E-state index in [0.717, 1.165) is 57.8 Å². The fourth-order valence-corrected chi connectivity index (χ4v) is 7.56. The van der Waals surface area contributed by atoms with E-state index in [1.165, 1.54) is 135 Å². The van der Waals surface area contributed by atoms with Crippen LogP contribution in [0.5, 0.6) is 0 Å². The van der Waals surface area contributed by atoms with Crippen molar-refractivity contribution in [2.24, 2.45) is 0 Å². The highest BCUT2D eigenvalue weighted by Crippen LogP contribution is 2.38. The summed E-state index contributed by atoms with van der Waals surface area (Å²) in [6.07, 6.45) is 54.1. The van der Waals surface area contributed by atoms with Crippen LogP contribution in [0.3, 0.4) is 0 Å². The molecule has 352 valence electrons. The van der Waals surface area contributed by atoms with E-state index in [1.807, 2.05) is 21.1 Å². The van der Waals surface area contributed by atoms with Crippen molar-refractivity contribution in [3.8, 4) is 0 Å². The molecule has 60 heavy (non-hydrogen) atoms. The van der Waals surface area contributed by atoms with Gasteiger partial charge in [0.25, 0.3) is 7.82 Å². The van der Waals surface area contributed by atoms with Gasteiger partial charge in [0.2, 0.25) is 0 Å². The Morgan fingerprint density at radius 2 is 0.967 bits per heavy atom. The van der Waals surface area contributed by atoms with Gasteiger partial charge in [0, 0.05) is 13.0 Å². The smallest absolute Gasteiger partial charge is 0.306 e. The van der Waals surface area contributed by atoms with Gasteiger partial charge >= 0.3 is 5.97 Å². The minimum absolute atomic E-state index is 0.0263. The van der Waals surface area contributed by atoms with Crippen LogP contribution in [-0.2, 0) is 27.9 Å². The molecule has 9 heteroatoms. The molecular formula is C51H96NO7P. The average molecular weight is 866 g/mol. The zero-order chi connectivity index (χ0) is 44.1. The van der Waals surface area contributed by atoms with Crippen LogP contribution in [0.15, 0.2) is 48.6 Å². The maximum Gasteiger partial charge on any atom is 0.306 e. The van der Waals surface area contributed by atoms with Gasteiger partial charge < -0.3 is 27.9 Å². The van der Waals surface area contributed by atoms with E-state index in [2.05, 4.69) is 62.5 Å². The highest BCUT2D eigenvalue weighted by Gasteiger charge is 2.20. The van der Waals surface area contributed by atoms with Crippen molar-refractivity contribution in [3.05, 3.63) is 48.6 Å². The summed E-state index contributed by atoms with van der Waals surface area (Å²) in [6, 6.07) is 0. The number of hydrogen-bond acceptors (Lipinski definition) is 7. The lowest BCUT2D eigenvalue weighted by Gasteiger charge is -2.28. The molecule has 2 unspecified atom stereocenters. The fraction of sp³-hybridized carbons (Fsp3) is 0.824. The van der Waals surface area contributed by atoms with Crippen molar-refractivity contribution in [2.75, 3.05) is 54.1 Å². The predicted octanol–water partition coefficient (Wildman–Crippen LogP) is 14.5. The minimum atomic E-state index is -4.53. The second kappa shape index (κ2) is 44.1. The normalized spacial score (nSPS) is 14.0. The average Bonchev–Trinajstić information content (AvgIpc) is 3.20.